The van der Waals surface area contributed by atoms with Crippen molar-refractivity contribution in [3.63, 3.8) is 0 Å². The van der Waals surface area contributed by atoms with Gasteiger partial charge >= 0.3 is 0 Å². The Morgan fingerprint density at radius 3 is 2.60 bits per heavy atom. The quantitative estimate of drug-likeness (QED) is 0.841. The molecule has 4 nitrogen and oxygen atoms in total. The second kappa shape index (κ2) is 6.75. The van der Waals surface area contributed by atoms with Gasteiger partial charge in [-0.25, -0.2) is 8.42 Å². The van der Waals surface area contributed by atoms with Crippen molar-refractivity contribution in [2.24, 2.45) is 0 Å². The van der Waals surface area contributed by atoms with Gasteiger partial charge in [0.15, 0.2) is 9.84 Å². The Hall–Kier alpha value is -0.130. The van der Waals surface area contributed by atoms with E-state index in [9.17, 15) is 8.42 Å². The molecule has 1 unspecified atom stereocenters. The molecule has 1 aliphatic carbocycles. The van der Waals surface area contributed by atoms with E-state index < -0.39 is 9.84 Å². The summed E-state index contributed by atoms with van der Waals surface area (Å²) in [6.07, 6.45) is 6.96. The van der Waals surface area contributed by atoms with E-state index in [-0.39, 0.29) is 5.54 Å². The lowest BCUT2D eigenvalue weighted by atomic mass is 9.97. The van der Waals surface area contributed by atoms with Gasteiger partial charge in [-0.2, -0.15) is 0 Å². The lowest BCUT2D eigenvalue weighted by Crippen LogP contribution is -2.51. The SMILES string of the molecule is CCCS(=O)(=O)CCN1CC2(CCCC2)NCCC1C. The molecule has 0 amide bonds. The molecule has 1 N–H and O–H groups in total. The van der Waals surface area contributed by atoms with E-state index in [1.807, 2.05) is 6.92 Å². The van der Waals surface area contributed by atoms with E-state index >= 15 is 0 Å². The van der Waals surface area contributed by atoms with Gasteiger partial charge in [-0.1, -0.05) is 19.8 Å². The molecule has 1 aliphatic heterocycles. The number of nitrogens with zero attached hydrogens (tertiary/aromatic N) is 1. The fourth-order valence-electron chi connectivity index (χ4n) is 3.68. The Kier molecular flexibility index (Phi) is 5.49. The standard InChI is InChI=1S/C15H30N2O2S/c1-3-11-20(18,19)12-10-17-13-15(7-4-5-8-15)16-9-6-14(17)2/h14,16H,3-13H2,1-2H3. The minimum absolute atomic E-state index is 0.263. The summed E-state index contributed by atoms with van der Waals surface area (Å²) in [5.74, 6) is 0.653. The first-order valence-electron chi connectivity index (χ1n) is 8.16. The van der Waals surface area contributed by atoms with Crippen LogP contribution in [0.2, 0.25) is 0 Å². The van der Waals surface area contributed by atoms with E-state index in [0.29, 0.717) is 24.1 Å². The van der Waals surface area contributed by atoms with E-state index in [1.165, 1.54) is 25.7 Å². The summed E-state index contributed by atoms with van der Waals surface area (Å²) in [6, 6.07) is 0.485. The van der Waals surface area contributed by atoms with Crippen LogP contribution in [0.5, 0.6) is 0 Å². The van der Waals surface area contributed by atoms with Gasteiger partial charge in [0, 0.05) is 30.4 Å². The third kappa shape index (κ3) is 4.18. The van der Waals surface area contributed by atoms with E-state index in [4.69, 9.17) is 0 Å². The smallest absolute Gasteiger partial charge is 0.151 e. The Morgan fingerprint density at radius 1 is 1.25 bits per heavy atom. The monoisotopic (exact) mass is 302 g/mol. The van der Waals surface area contributed by atoms with Crippen LogP contribution in [0.1, 0.15) is 52.4 Å². The molecule has 5 heteroatoms. The normalized spacial score (nSPS) is 27.8. The molecule has 1 spiro atoms. The van der Waals surface area contributed by atoms with Crippen molar-refractivity contribution in [2.75, 3.05) is 31.1 Å². The van der Waals surface area contributed by atoms with Crippen molar-refractivity contribution in [3.8, 4) is 0 Å². The molecule has 0 bridgehead atoms. The molecule has 118 valence electrons. The van der Waals surface area contributed by atoms with Crippen LogP contribution in [-0.4, -0.2) is 56.0 Å². The molecular weight excluding hydrogens is 272 g/mol. The fraction of sp³-hybridized carbons (Fsp3) is 1.00. The third-order valence-corrected chi connectivity index (χ3v) is 6.79. The number of sulfone groups is 1. The van der Waals surface area contributed by atoms with Gasteiger partial charge in [0.2, 0.25) is 0 Å². The highest BCUT2D eigenvalue weighted by Gasteiger charge is 2.38. The first kappa shape index (κ1) is 16.2. The van der Waals surface area contributed by atoms with Crippen molar-refractivity contribution in [3.05, 3.63) is 0 Å². The van der Waals surface area contributed by atoms with Crippen LogP contribution in [-0.2, 0) is 9.84 Å². The van der Waals surface area contributed by atoms with Crippen molar-refractivity contribution in [1.82, 2.24) is 10.2 Å². The van der Waals surface area contributed by atoms with Gasteiger partial charge in [0.25, 0.3) is 0 Å². The molecule has 0 radical (unpaired) electrons. The molecule has 1 atom stereocenters. The van der Waals surface area contributed by atoms with Crippen molar-refractivity contribution in [1.29, 1.82) is 0 Å². The molecule has 1 saturated carbocycles. The van der Waals surface area contributed by atoms with E-state index in [2.05, 4.69) is 17.1 Å². The largest absolute Gasteiger partial charge is 0.310 e. The Morgan fingerprint density at radius 2 is 1.95 bits per heavy atom. The highest BCUT2D eigenvalue weighted by Crippen LogP contribution is 2.32. The van der Waals surface area contributed by atoms with Gasteiger partial charge in [-0.3, -0.25) is 4.90 Å². The molecule has 20 heavy (non-hydrogen) atoms. The second-order valence-electron chi connectivity index (χ2n) is 6.67. The average molecular weight is 302 g/mol. The van der Waals surface area contributed by atoms with Crippen LogP contribution in [0.3, 0.4) is 0 Å². The summed E-state index contributed by atoms with van der Waals surface area (Å²) in [7, 11) is -2.86. The molecule has 1 saturated heterocycles. The summed E-state index contributed by atoms with van der Waals surface area (Å²) in [6.45, 7) is 6.97. The van der Waals surface area contributed by atoms with Crippen LogP contribution >= 0.6 is 0 Å². The zero-order chi connectivity index (χ0) is 14.6. The third-order valence-electron chi connectivity index (χ3n) is 4.96. The summed E-state index contributed by atoms with van der Waals surface area (Å²) >= 11 is 0. The minimum atomic E-state index is -2.86. The zero-order valence-electron chi connectivity index (χ0n) is 13.0. The van der Waals surface area contributed by atoms with Crippen LogP contribution in [0.25, 0.3) is 0 Å². The first-order chi connectivity index (χ1) is 9.46. The minimum Gasteiger partial charge on any atom is -0.310 e. The van der Waals surface area contributed by atoms with Crippen LogP contribution < -0.4 is 5.32 Å². The van der Waals surface area contributed by atoms with Crippen molar-refractivity contribution >= 4 is 9.84 Å². The Bertz CT molecular complexity index is 402. The van der Waals surface area contributed by atoms with Crippen molar-refractivity contribution in [2.45, 2.75) is 64.0 Å². The highest BCUT2D eigenvalue weighted by atomic mass is 32.2. The van der Waals surface area contributed by atoms with Gasteiger partial charge in [0.05, 0.1) is 5.75 Å². The maximum Gasteiger partial charge on any atom is 0.151 e. The molecule has 1 heterocycles. The van der Waals surface area contributed by atoms with Gasteiger partial charge < -0.3 is 5.32 Å². The number of hydrogen-bond donors (Lipinski definition) is 1. The molecule has 2 fully saturated rings. The van der Waals surface area contributed by atoms with Crippen LogP contribution in [0.4, 0.5) is 0 Å². The Balaban J connectivity index is 1.97. The van der Waals surface area contributed by atoms with Crippen molar-refractivity contribution < 1.29 is 8.42 Å². The summed E-state index contributed by atoms with van der Waals surface area (Å²) < 4.78 is 23.9. The molecule has 0 aromatic carbocycles. The lowest BCUT2D eigenvalue weighted by Gasteiger charge is -2.35. The highest BCUT2D eigenvalue weighted by molar-refractivity contribution is 7.91. The van der Waals surface area contributed by atoms with E-state index in [0.717, 1.165) is 25.9 Å². The molecule has 2 rings (SSSR count). The predicted molar refractivity (Wildman–Crippen MR) is 83.8 cm³/mol. The summed E-state index contributed by atoms with van der Waals surface area (Å²) in [5.41, 5.74) is 0.263. The Labute approximate surface area is 124 Å². The van der Waals surface area contributed by atoms with E-state index in [1.54, 1.807) is 0 Å². The molecule has 0 aromatic rings. The van der Waals surface area contributed by atoms with Gasteiger partial charge in [-0.15, -0.1) is 0 Å². The number of nitrogens with one attached hydrogen (secondary N) is 1. The van der Waals surface area contributed by atoms with Crippen LogP contribution in [0.15, 0.2) is 0 Å². The van der Waals surface area contributed by atoms with Gasteiger partial charge in [0.1, 0.15) is 0 Å². The predicted octanol–water partition coefficient (Wildman–Crippen LogP) is 1.81. The molecular formula is C15H30N2O2S. The maximum absolute atomic E-state index is 11.9. The lowest BCUT2D eigenvalue weighted by molar-refractivity contribution is 0.177. The average Bonchev–Trinajstić information content (AvgIpc) is 2.76. The zero-order valence-corrected chi connectivity index (χ0v) is 13.8. The second-order valence-corrected chi connectivity index (χ2v) is 8.98. The number of hydrogen-bond acceptors (Lipinski definition) is 4. The van der Waals surface area contributed by atoms with Crippen LogP contribution in [0, 0.1) is 0 Å². The summed E-state index contributed by atoms with van der Waals surface area (Å²) in [4.78, 5) is 2.42. The number of rotatable bonds is 5. The molecule has 0 aromatic heterocycles. The summed E-state index contributed by atoms with van der Waals surface area (Å²) in [5, 5.41) is 3.75. The molecule has 2 aliphatic rings. The maximum atomic E-state index is 11.9. The first-order valence-corrected chi connectivity index (χ1v) is 9.98. The van der Waals surface area contributed by atoms with Gasteiger partial charge in [-0.05, 0) is 39.2 Å². The fourth-order valence-corrected chi connectivity index (χ4v) is 5.02. The topological polar surface area (TPSA) is 49.4 Å².